The second-order valence-electron chi connectivity index (χ2n) is 4.56. The van der Waals surface area contributed by atoms with Crippen molar-refractivity contribution in [1.29, 1.82) is 0 Å². The second kappa shape index (κ2) is 5.33. The Morgan fingerprint density at radius 3 is 2.17 bits per heavy atom. The number of rotatable bonds is 2. The number of benzene rings is 1. The summed E-state index contributed by atoms with van der Waals surface area (Å²) in [6.07, 6.45) is 0. The van der Waals surface area contributed by atoms with E-state index in [4.69, 9.17) is 17.3 Å². The molecule has 96 valence electrons. The van der Waals surface area contributed by atoms with E-state index in [1.807, 2.05) is 6.07 Å². The summed E-state index contributed by atoms with van der Waals surface area (Å²) >= 11 is 11.1. The van der Waals surface area contributed by atoms with Crippen LogP contribution < -0.4 is 5.73 Å². The van der Waals surface area contributed by atoms with Crippen molar-refractivity contribution in [3.63, 3.8) is 0 Å². The average molecular weight is 345 g/mol. The quantitative estimate of drug-likeness (QED) is 0.802. The van der Waals surface area contributed by atoms with Crippen LogP contribution in [0.5, 0.6) is 0 Å². The van der Waals surface area contributed by atoms with E-state index in [-0.39, 0.29) is 6.04 Å². The highest BCUT2D eigenvalue weighted by molar-refractivity contribution is 9.11. The molecular weight excluding hydrogens is 330 g/mol. The van der Waals surface area contributed by atoms with Crippen molar-refractivity contribution in [2.45, 2.75) is 26.8 Å². The molecule has 0 aliphatic heterocycles. The lowest BCUT2D eigenvalue weighted by Crippen LogP contribution is -2.13. The monoisotopic (exact) mass is 343 g/mol. The van der Waals surface area contributed by atoms with Gasteiger partial charge in [-0.25, -0.2) is 0 Å². The molecule has 0 radical (unpaired) electrons. The number of halogens is 2. The molecule has 0 aliphatic carbocycles. The Morgan fingerprint density at radius 2 is 1.72 bits per heavy atom. The molecule has 18 heavy (non-hydrogen) atoms. The third-order valence-electron chi connectivity index (χ3n) is 3.02. The largest absolute Gasteiger partial charge is 0.320 e. The molecule has 0 aliphatic rings. The number of aryl methyl sites for hydroxylation is 3. The predicted molar refractivity (Wildman–Crippen MR) is 83.7 cm³/mol. The molecular formula is C14H15BrClNS. The Bertz CT molecular complexity index is 549. The van der Waals surface area contributed by atoms with E-state index in [0.717, 1.165) is 13.7 Å². The fourth-order valence-corrected chi connectivity index (χ4v) is 4.10. The van der Waals surface area contributed by atoms with Gasteiger partial charge in [0.1, 0.15) is 0 Å². The minimum absolute atomic E-state index is 0.112. The highest BCUT2D eigenvalue weighted by Gasteiger charge is 2.17. The lowest BCUT2D eigenvalue weighted by Gasteiger charge is -2.17. The minimum Gasteiger partial charge on any atom is -0.320 e. The van der Waals surface area contributed by atoms with Gasteiger partial charge in [-0.1, -0.05) is 29.3 Å². The predicted octanol–water partition coefficient (Wildman–Crippen LogP) is 5.14. The third kappa shape index (κ3) is 2.64. The van der Waals surface area contributed by atoms with E-state index in [0.29, 0.717) is 0 Å². The zero-order valence-electron chi connectivity index (χ0n) is 10.6. The summed E-state index contributed by atoms with van der Waals surface area (Å²) < 4.78 is 0.942. The summed E-state index contributed by atoms with van der Waals surface area (Å²) in [5.41, 5.74) is 11.3. The number of hydrogen-bond acceptors (Lipinski definition) is 2. The lowest BCUT2D eigenvalue weighted by atomic mass is 9.94. The summed E-state index contributed by atoms with van der Waals surface area (Å²) in [7, 11) is 0. The fraction of sp³-hybridized carbons (Fsp3) is 0.286. The van der Waals surface area contributed by atoms with Gasteiger partial charge < -0.3 is 5.73 Å². The molecule has 0 fully saturated rings. The molecule has 0 saturated carbocycles. The molecule has 1 aromatic carbocycles. The second-order valence-corrected chi connectivity index (χ2v) is 7.37. The first-order valence-corrected chi connectivity index (χ1v) is 7.67. The van der Waals surface area contributed by atoms with Gasteiger partial charge in [-0.15, -0.1) is 11.3 Å². The van der Waals surface area contributed by atoms with E-state index in [2.05, 4.69) is 48.8 Å². The van der Waals surface area contributed by atoms with E-state index >= 15 is 0 Å². The third-order valence-corrected chi connectivity index (χ3v) is 5.58. The number of nitrogens with two attached hydrogens (primary N) is 1. The van der Waals surface area contributed by atoms with Crippen LogP contribution in [0.25, 0.3) is 0 Å². The first kappa shape index (κ1) is 14.1. The zero-order valence-corrected chi connectivity index (χ0v) is 13.7. The van der Waals surface area contributed by atoms with Crippen molar-refractivity contribution in [2.75, 3.05) is 0 Å². The molecule has 1 unspecified atom stereocenters. The zero-order chi connectivity index (χ0) is 13.4. The maximum Gasteiger partial charge on any atom is 0.0888 e. The molecule has 2 N–H and O–H groups in total. The summed E-state index contributed by atoms with van der Waals surface area (Å²) in [6.45, 7) is 6.33. The van der Waals surface area contributed by atoms with Gasteiger partial charge in [-0.3, -0.25) is 0 Å². The van der Waals surface area contributed by atoms with E-state index < -0.39 is 0 Å². The Balaban J connectivity index is 2.49. The Hall–Kier alpha value is -0.350. The van der Waals surface area contributed by atoms with Crippen molar-refractivity contribution in [2.24, 2.45) is 5.73 Å². The van der Waals surface area contributed by atoms with Gasteiger partial charge in [0.15, 0.2) is 0 Å². The van der Waals surface area contributed by atoms with E-state index in [1.54, 1.807) is 11.3 Å². The van der Waals surface area contributed by atoms with Crippen LogP contribution in [0.2, 0.25) is 5.02 Å². The maximum absolute atomic E-state index is 6.38. The van der Waals surface area contributed by atoms with Gasteiger partial charge in [0.05, 0.1) is 14.9 Å². The van der Waals surface area contributed by atoms with Crippen LogP contribution in [0.15, 0.2) is 22.0 Å². The summed E-state index contributed by atoms with van der Waals surface area (Å²) in [4.78, 5) is 1.09. The first-order chi connectivity index (χ1) is 8.40. The van der Waals surface area contributed by atoms with Gasteiger partial charge in [0.2, 0.25) is 0 Å². The van der Waals surface area contributed by atoms with Gasteiger partial charge in [-0.05, 0) is 59.5 Å². The fourth-order valence-electron chi connectivity index (χ4n) is 2.34. The van der Waals surface area contributed by atoms with Gasteiger partial charge in [0, 0.05) is 4.88 Å². The van der Waals surface area contributed by atoms with Crippen molar-refractivity contribution in [3.8, 4) is 0 Å². The standard InChI is InChI=1S/C14H15BrClNS/c1-7-4-8(2)12(9(3)5-7)13(17)11-6-10(16)14(15)18-11/h4-6,13H,17H2,1-3H3. The highest BCUT2D eigenvalue weighted by atomic mass is 79.9. The Kier molecular flexibility index (Phi) is 4.17. The molecule has 0 spiro atoms. The van der Waals surface area contributed by atoms with Gasteiger partial charge >= 0.3 is 0 Å². The highest BCUT2D eigenvalue weighted by Crippen LogP contribution is 2.38. The van der Waals surface area contributed by atoms with E-state index in [1.165, 1.54) is 22.3 Å². The van der Waals surface area contributed by atoms with Crippen LogP contribution in [-0.2, 0) is 0 Å². The number of thiophene rings is 1. The van der Waals surface area contributed by atoms with Crippen LogP contribution in [0, 0.1) is 20.8 Å². The van der Waals surface area contributed by atoms with Crippen LogP contribution in [0.4, 0.5) is 0 Å². The lowest BCUT2D eigenvalue weighted by molar-refractivity contribution is 0.870. The van der Waals surface area contributed by atoms with Crippen molar-refractivity contribution < 1.29 is 0 Å². The van der Waals surface area contributed by atoms with Crippen LogP contribution >= 0.6 is 38.9 Å². The Morgan fingerprint density at radius 1 is 1.17 bits per heavy atom. The smallest absolute Gasteiger partial charge is 0.0888 e. The molecule has 2 rings (SSSR count). The number of hydrogen-bond donors (Lipinski definition) is 1. The average Bonchev–Trinajstić information content (AvgIpc) is 2.57. The molecule has 2 aromatic rings. The van der Waals surface area contributed by atoms with Gasteiger partial charge in [-0.2, -0.15) is 0 Å². The molecule has 1 aromatic heterocycles. The molecule has 1 nitrogen and oxygen atoms in total. The summed E-state index contributed by atoms with van der Waals surface area (Å²) in [5, 5.41) is 0.730. The molecule has 0 bridgehead atoms. The van der Waals surface area contributed by atoms with E-state index in [9.17, 15) is 0 Å². The molecule has 0 amide bonds. The van der Waals surface area contributed by atoms with Crippen LogP contribution in [-0.4, -0.2) is 0 Å². The van der Waals surface area contributed by atoms with Crippen molar-refractivity contribution in [1.82, 2.24) is 0 Å². The van der Waals surface area contributed by atoms with Gasteiger partial charge in [0.25, 0.3) is 0 Å². The van der Waals surface area contributed by atoms with Crippen LogP contribution in [0.3, 0.4) is 0 Å². The molecule has 1 heterocycles. The van der Waals surface area contributed by atoms with Crippen LogP contribution in [0.1, 0.15) is 33.2 Å². The molecule has 1 atom stereocenters. The Labute approximate surface area is 125 Å². The summed E-state index contributed by atoms with van der Waals surface area (Å²) in [6, 6.07) is 6.18. The summed E-state index contributed by atoms with van der Waals surface area (Å²) in [5.74, 6) is 0. The van der Waals surface area contributed by atoms with Crippen molar-refractivity contribution in [3.05, 3.63) is 54.1 Å². The normalized spacial score (nSPS) is 12.8. The van der Waals surface area contributed by atoms with Crippen molar-refractivity contribution >= 4 is 38.9 Å². The SMILES string of the molecule is Cc1cc(C)c(C(N)c2cc(Cl)c(Br)s2)c(C)c1. The molecule has 4 heteroatoms. The first-order valence-electron chi connectivity index (χ1n) is 5.68. The molecule has 0 saturated heterocycles. The maximum atomic E-state index is 6.38. The topological polar surface area (TPSA) is 26.0 Å². The minimum atomic E-state index is -0.112.